The molecule has 0 aromatic carbocycles. The minimum Gasteiger partial charge on any atom is -0.481 e. The van der Waals surface area contributed by atoms with E-state index in [1.165, 1.54) is 26.7 Å². The number of carboxylic acid groups (broad SMARTS) is 2. The molecule has 6 atom stereocenters. The Labute approximate surface area is 318 Å². The van der Waals surface area contributed by atoms with E-state index in [-0.39, 0.29) is 31.1 Å². The van der Waals surface area contributed by atoms with Gasteiger partial charge in [0.15, 0.2) is 5.78 Å². The monoisotopic (exact) mass is 768 g/mol. The van der Waals surface area contributed by atoms with Crippen molar-refractivity contribution in [3.63, 3.8) is 0 Å². The predicted molar refractivity (Wildman–Crippen MR) is 200 cm³/mol. The van der Waals surface area contributed by atoms with E-state index in [0.29, 0.717) is 6.42 Å². The zero-order valence-corrected chi connectivity index (χ0v) is 33.2. The molecule has 0 aromatic heterocycles. The quantitative estimate of drug-likeness (QED) is 0.0531. The van der Waals surface area contributed by atoms with Crippen LogP contribution in [0.1, 0.15) is 132 Å². The third-order valence-electron chi connectivity index (χ3n) is 8.76. The average molecular weight is 769 g/mol. The Balaban J connectivity index is 5.39. The van der Waals surface area contributed by atoms with Gasteiger partial charge in [0.2, 0.25) is 35.4 Å². The second-order valence-corrected chi connectivity index (χ2v) is 14.4. The molecule has 0 unspecified atom stereocenters. The second kappa shape index (κ2) is 26.2. The Kier molecular flexibility index (Phi) is 24.0. The van der Waals surface area contributed by atoms with Gasteiger partial charge in [-0.05, 0) is 51.9 Å². The topological polar surface area (TPSA) is 266 Å². The van der Waals surface area contributed by atoms with Crippen LogP contribution in [0.4, 0.5) is 0 Å². The van der Waals surface area contributed by atoms with Crippen molar-refractivity contribution >= 4 is 53.2 Å². The molecule has 54 heavy (non-hydrogen) atoms. The molecule has 0 aliphatic carbocycles. The third kappa shape index (κ3) is 20.6. The van der Waals surface area contributed by atoms with Crippen molar-refractivity contribution < 1.29 is 53.4 Å². The number of Topliss-reactive ketones (excluding diaryl/α,β-unsaturated/α-hetero) is 1. The molecule has 0 aliphatic heterocycles. The van der Waals surface area contributed by atoms with Gasteiger partial charge < -0.3 is 42.1 Å². The van der Waals surface area contributed by atoms with E-state index < -0.39 is 102 Å². The Morgan fingerprint density at radius 2 is 0.870 bits per heavy atom. The van der Waals surface area contributed by atoms with E-state index in [1.54, 1.807) is 27.7 Å². The standard InChI is InChI=1S/C37H64N6O11/c1-9-10-11-12-13-14-15-16-28(45)42-31(21(2)3)37(54)43-32(22(4)5)36(53)39-23(6)33(50)38-24(7)34(51)41-27(18-20-30(48)49)35(52)40-26(25(8)44)17-19-29(46)47/h21-24,26-27,31-32H,9-20H2,1-8H3,(H,38,50)(H,39,53)(H,40,52)(H,41,51)(H,42,45)(H,43,54)(H,46,47)(H,48,49)/t23-,24-,26-,27-,31-,32-/m0/s1. The van der Waals surface area contributed by atoms with Crippen LogP contribution in [0, 0.1) is 11.8 Å². The number of nitrogens with one attached hydrogen (secondary N) is 6. The van der Waals surface area contributed by atoms with Crippen LogP contribution in [0.3, 0.4) is 0 Å². The van der Waals surface area contributed by atoms with Crippen molar-refractivity contribution in [2.45, 2.75) is 169 Å². The van der Waals surface area contributed by atoms with E-state index in [2.05, 4.69) is 38.8 Å². The van der Waals surface area contributed by atoms with Crippen LogP contribution in [0.5, 0.6) is 0 Å². The Hall–Kier alpha value is -4.57. The van der Waals surface area contributed by atoms with Gasteiger partial charge in [-0.15, -0.1) is 0 Å². The molecule has 0 heterocycles. The zero-order valence-electron chi connectivity index (χ0n) is 33.2. The number of carbonyl (C=O) groups excluding carboxylic acids is 7. The van der Waals surface area contributed by atoms with Crippen LogP contribution in [-0.2, 0) is 43.2 Å². The molecule has 0 fully saturated rings. The lowest BCUT2D eigenvalue weighted by molar-refractivity contribution is -0.139. The molecule has 6 amide bonds. The molecule has 0 aliphatic rings. The predicted octanol–water partition coefficient (Wildman–Crippen LogP) is 1.71. The highest BCUT2D eigenvalue weighted by molar-refractivity contribution is 5.97. The first-order valence-electron chi connectivity index (χ1n) is 19.0. The van der Waals surface area contributed by atoms with E-state index in [0.717, 1.165) is 32.6 Å². The number of amides is 6. The summed E-state index contributed by atoms with van der Waals surface area (Å²) in [6.07, 6.45) is 6.08. The number of carbonyl (C=O) groups is 9. The highest BCUT2D eigenvalue weighted by atomic mass is 16.4. The SMILES string of the molecule is CCCCCCCCCC(=O)N[C@H](C(=O)N[C@H](C(=O)N[C@@H](C)C(=O)N[C@@H](C)C(=O)N[C@@H](CCC(=O)O)C(=O)N[C@@H](CCC(=O)O)C(C)=O)C(C)C)C(C)C. The first-order valence-corrected chi connectivity index (χ1v) is 19.0. The van der Waals surface area contributed by atoms with Gasteiger partial charge in [-0.3, -0.25) is 43.2 Å². The Morgan fingerprint density at radius 3 is 1.35 bits per heavy atom. The summed E-state index contributed by atoms with van der Waals surface area (Å²) in [5.74, 6) is -7.74. The molecule has 8 N–H and O–H groups in total. The lowest BCUT2D eigenvalue weighted by Crippen LogP contribution is -2.59. The zero-order chi connectivity index (χ0) is 41.5. The fourth-order valence-corrected chi connectivity index (χ4v) is 5.32. The van der Waals surface area contributed by atoms with Crippen LogP contribution in [0.25, 0.3) is 0 Å². The molecule has 308 valence electrons. The molecular weight excluding hydrogens is 704 g/mol. The van der Waals surface area contributed by atoms with Crippen molar-refractivity contribution in [1.82, 2.24) is 31.9 Å². The third-order valence-corrected chi connectivity index (χ3v) is 8.76. The van der Waals surface area contributed by atoms with Crippen LogP contribution >= 0.6 is 0 Å². The number of rotatable bonds is 28. The normalized spacial score (nSPS) is 14.4. The summed E-state index contributed by atoms with van der Waals surface area (Å²) in [6.45, 7) is 12.9. The molecule has 17 heteroatoms. The lowest BCUT2D eigenvalue weighted by Gasteiger charge is -2.28. The number of aliphatic carboxylic acids is 2. The molecule has 0 rings (SSSR count). The van der Waals surface area contributed by atoms with Crippen LogP contribution in [0.15, 0.2) is 0 Å². The number of hydrogen-bond donors (Lipinski definition) is 8. The number of hydrogen-bond acceptors (Lipinski definition) is 9. The number of unbranched alkanes of at least 4 members (excludes halogenated alkanes) is 6. The minimum absolute atomic E-state index is 0.221. The summed E-state index contributed by atoms with van der Waals surface area (Å²) in [4.78, 5) is 112. The summed E-state index contributed by atoms with van der Waals surface area (Å²) < 4.78 is 0. The fraction of sp³-hybridized carbons (Fsp3) is 0.757. The van der Waals surface area contributed by atoms with Gasteiger partial charge >= 0.3 is 11.9 Å². The van der Waals surface area contributed by atoms with Gasteiger partial charge in [0.05, 0.1) is 6.04 Å². The molecule has 17 nitrogen and oxygen atoms in total. The minimum atomic E-state index is -1.44. The van der Waals surface area contributed by atoms with Crippen LogP contribution in [-0.4, -0.2) is 99.6 Å². The van der Waals surface area contributed by atoms with Gasteiger partial charge in [0, 0.05) is 19.3 Å². The van der Waals surface area contributed by atoms with E-state index >= 15 is 0 Å². The Bertz CT molecular complexity index is 1290. The molecular formula is C37H64N6O11. The number of ketones is 1. The van der Waals surface area contributed by atoms with Crippen LogP contribution < -0.4 is 31.9 Å². The average Bonchev–Trinajstić information content (AvgIpc) is 3.07. The van der Waals surface area contributed by atoms with Gasteiger partial charge in [0.25, 0.3) is 0 Å². The summed E-state index contributed by atoms with van der Waals surface area (Å²) in [7, 11) is 0. The smallest absolute Gasteiger partial charge is 0.303 e. The van der Waals surface area contributed by atoms with Gasteiger partial charge in [-0.25, -0.2) is 0 Å². The summed E-state index contributed by atoms with van der Waals surface area (Å²) >= 11 is 0. The van der Waals surface area contributed by atoms with Crippen molar-refractivity contribution in [1.29, 1.82) is 0 Å². The molecule has 0 radical (unpaired) electrons. The highest BCUT2D eigenvalue weighted by Gasteiger charge is 2.33. The van der Waals surface area contributed by atoms with Gasteiger partial charge in [0.1, 0.15) is 30.2 Å². The number of carboxylic acids is 2. The van der Waals surface area contributed by atoms with Gasteiger partial charge in [-0.1, -0.05) is 73.1 Å². The first-order chi connectivity index (χ1) is 25.2. The van der Waals surface area contributed by atoms with Crippen LogP contribution in [0.2, 0.25) is 0 Å². The first kappa shape index (κ1) is 49.4. The lowest BCUT2D eigenvalue weighted by atomic mass is 9.99. The fourth-order valence-electron chi connectivity index (χ4n) is 5.32. The van der Waals surface area contributed by atoms with E-state index in [1.807, 2.05) is 0 Å². The summed E-state index contributed by atoms with van der Waals surface area (Å²) in [5, 5.41) is 33.2. The van der Waals surface area contributed by atoms with Crippen molar-refractivity contribution in [2.75, 3.05) is 0 Å². The van der Waals surface area contributed by atoms with Gasteiger partial charge in [-0.2, -0.15) is 0 Å². The largest absolute Gasteiger partial charge is 0.481 e. The van der Waals surface area contributed by atoms with Crippen molar-refractivity contribution in [2.24, 2.45) is 11.8 Å². The maximum Gasteiger partial charge on any atom is 0.303 e. The van der Waals surface area contributed by atoms with Crippen molar-refractivity contribution in [3.8, 4) is 0 Å². The van der Waals surface area contributed by atoms with Crippen molar-refractivity contribution in [3.05, 3.63) is 0 Å². The molecule has 0 saturated heterocycles. The molecule has 0 spiro atoms. The second-order valence-electron chi connectivity index (χ2n) is 14.4. The maximum atomic E-state index is 13.3. The summed E-state index contributed by atoms with van der Waals surface area (Å²) in [5.41, 5.74) is 0. The molecule has 0 bridgehead atoms. The van der Waals surface area contributed by atoms with E-state index in [9.17, 15) is 43.2 Å². The maximum absolute atomic E-state index is 13.3. The highest BCUT2D eigenvalue weighted by Crippen LogP contribution is 2.11. The molecule has 0 saturated carbocycles. The molecule has 0 aromatic rings. The van der Waals surface area contributed by atoms with E-state index in [4.69, 9.17) is 10.2 Å². The summed E-state index contributed by atoms with van der Waals surface area (Å²) in [6, 6.07) is -7.05. The Morgan fingerprint density at radius 1 is 0.463 bits per heavy atom.